The zero-order valence-electron chi connectivity index (χ0n) is 13.9. The first-order chi connectivity index (χ1) is 10.6. The molecule has 2 aromatic rings. The van der Waals surface area contributed by atoms with Crippen LogP contribution in [0.1, 0.15) is 49.9 Å². The summed E-state index contributed by atoms with van der Waals surface area (Å²) in [5, 5.41) is 4.15. The summed E-state index contributed by atoms with van der Waals surface area (Å²) < 4.78 is 0. The van der Waals surface area contributed by atoms with Gasteiger partial charge in [-0.05, 0) is 36.5 Å². The first kappa shape index (κ1) is 18.3. The molecule has 0 spiro atoms. The van der Waals surface area contributed by atoms with Crippen LogP contribution in [0.15, 0.2) is 37.3 Å². The van der Waals surface area contributed by atoms with Gasteiger partial charge in [0, 0.05) is 11.6 Å². The number of benzene rings is 1. The average Bonchev–Trinajstić information content (AvgIpc) is 3.06. The van der Waals surface area contributed by atoms with Gasteiger partial charge in [0.05, 0.1) is 23.9 Å². The van der Waals surface area contributed by atoms with Gasteiger partial charge in [0.1, 0.15) is 0 Å². The van der Waals surface area contributed by atoms with Gasteiger partial charge in [-0.2, -0.15) is 0 Å². The average molecular weight is 320 g/mol. The molecule has 1 atom stereocenters. The van der Waals surface area contributed by atoms with E-state index in [1.54, 1.807) is 12.5 Å². The molecule has 1 aromatic carbocycles. The first-order valence-corrected chi connectivity index (χ1v) is 8.13. The van der Waals surface area contributed by atoms with Crippen molar-refractivity contribution in [2.75, 3.05) is 6.54 Å². The van der Waals surface area contributed by atoms with Crippen LogP contribution in [0.3, 0.4) is 0 Å². The van der Waals surface area contributed by atoms with Crippen LogP contribution in [0.5, 0.6) is 0 Å². The minimum Gasteiger partial charge on any atom is -0.384 e. The summed E-state index contributed by atoms with van der Waals surface area (Å²) in [5.74, 6) is 0.480. The number of hydrogen-bond donors (Lipinski definition) is 2. The molecular weight excluding hydrogens is 294 g/mol. The Hall–Kier alpha value is -1.74. The number of nitrogens with zero attached hydrogens (tertiary/aromatic N) is 1. The van der Waals surface area contributed by atoms with Crippen LogP contribution in [-0.4, -0.2) is 16.5 Å². The van der Waals surface area contributed by atoms with Crippen molar-refractivity contribution >= 4 is 17.3 Å². The molecule has 2 rings (SSSR count). The fourth-order valence-corrected chi connectivity index (χ4v) is 2.21. The lowest BCUT2D eigenvalue weighted by atomic mass is 9.96. The number of aromatic amines is 1. The molecule has 120 valence electrons. The molecule has 0 fully saturated rings. The van der Waals surface area contributed by atoms with Gasteiger partial charge in [-0.25, -0.2) is 4.98 Å². The third-order valence-electron chi connectivity index (χ3n) is 3.49. The van der Waals surface area contributed by atoms with Crippen molar-refractivity contribution < 1.29 is 0 Å². The Morgan fingerprint density at radius 1 is 1.41 bits per heavy atom. The van der Waals surface area contributed by atoms with Gasteiger partial charge in [-0.3, -0.25) is 0 Å². The van der Waals surface area contributed by atoms with Gasteiger partial charge in [0.25, 0.3) is 0 Å². The van der Waals surface area contributed by atoms with Crippen molar-refractivity contribution in [2.24, 2.45) is 0 Å². The quantitative estimate of drug-likeness (QED) is 0.772. The molecule has 1 unspecified atom stereocenters. The lowest BCUT2D eigenvalue weighted by Gasteiger charge is -2.14. The molecule has 2 N–H and O–H groups in total. The molecule has 1 heterocycles. The second-order valence-electron chi connectivity index (χ2n) is 5.07. The topological polar surface area (TPSA) is 40.7 Å². The first-order valence-electron chi connectivity index (χ1n) is 7.75. The van der Waals surface area contributed by atoms with Crippen LogP contribution in [-0.2, 0) is 0 Å². The lowest BCUT2D eigenvalue weighted by molar-refractivity contribution is 0.655. The number of rotatable bonds is 6. The fourth-order valence-electron chi connectivity index (χ4n) is 2.10. The molecule has 0 aliphatic carbocycles. The number of aryl methyl sites for hydroxylation is 1. The van der Waals surface area contributed by atoms with Gasteiger partial charge in [0.2, 0.25) is 0 Å². The predicted octanol–water partition coefficient (Wildman–Crippen LogP) is 5.15. The van der Waals surface area contributed by atoms with E-state index in [0.29, 0.717) is 5.92 Å². The molecule has 0 amide bonds. The van der Waals surface area contributed by atoms with Gasteiger partial charge in [0.15, 0.2) is 0 Å². The summed E-state index contributed by atoms with van der Waals surface area (Å²) in [7, 11) is 0. The van der Waals surface area contributed by atoms with Crippen molar-refractivity contribution in [3.63, 3.8) is 0 Å². The van der Waals surface area contributed by atoms with Crippen LogP contribution in [0.4, 0.5) is 0 Å². The minimum absolute atomic E-state index is 0.480. The van der Waals surface area contributed by atoms with Crippen LogP contribution in [0.2, 0.25) is 5.02 Å². The molecule has 0 aliphatic heterocycles. The summed E-state index contributed by atoms with van der Waals surface area (Å²) in [5.41, 5.74) is 4.26. The molecule has 22 heavy (non-hydrogen) atoms. The fraction of sp³-hybridized carbons (Fsp3) is 0.389. The SMILES string of the molecule is C=C(NCCC(C)c1ccc(Cl)c(C)c1)c1cnc[nH]1.CC. The Balaban J connectivity index is 0.00000116. The second-order valence-corrected chi connectivity index (χ2v) is 5.48. The molecule has 0 aliphatic rings. The maximum atomic E-state index is 6.05. The summed E-state index contributed by atoms with van der Waals surface area (Å²) in [6.45, 7) is 13.1. The number of halogens is 1. The van der Waals surface area contributed by atoms with E-state index in [1.807, 2.05) is 26.8 Å². The van der Waals surface area contributed by atoms with E-state index in [1.165, 1.54) is 5.56 Å². The van der Waals surface area contributed by atoms with E-state index in [0.717, 1.165) is 34.9 Å². The number of nitrogens with one attached hydrogen (secondary N) is 2. The maximum absolute atomic E-state index is 6.05. The molecule has 0 saturated carbocycles. The van der Waals surface area contributed by atoms with Gasteiger partial charge >= 0.3 is 0 Å². The van der Waals surface area contributed by atoms with Crippen molar-refractivity contribution in [1.82, 2.24) is 15.3 Å². The molecule has 0 bridgehead atoms. The lowest BCUT2D eigenvalue weighted by Crippen LogP contribution is -2.15. The van der Waals surface area contributed by atoms with E-state index in [2.05, 4.69) is 40.9 Å². The molecular formula is C18H26ClN3. The Bertz CT molecular complexity index is 576. The van der Waals surface area contributed by atoms with Crippen LogP contribution >= 0.6 is 11.6 Å². The van der Waals surface area contributed by atoms with Crippen molar-refractivity contribution in [3.8, 4) is 0 Å². The van der Waals surface area contributed by atoms with E-state index in [9.17, 15) is 0 Å². The van der Waals surface area contributed by atoms with Crippen molar-refractivity contribution in [2.45, 2.75) is 40.0 Å². The van der Waals surface area contributed by atoms with Crippen molar-refractivity contribution in [1.29, 1.82) is 0 Å². The summed E-state index contributed by atoms with van der Waals surface area (Å²) >= 11 is 6.05. The summed E-state index contributed by atoms with van der Waals surface area (Å²) in [6.07, 6.45) is 4.46. The molecule has 0 radical (unpaired) electrons. The van der Waals surface area contributed by atoms with E-state index >= 15 is 0 Å². The normalized spacial score (nSPS) is 11.3. The number of imidazole rings is 1. The largest absolute Gasteiger partial charge is 0.384 e. The highest BCUT2D eigenvalue weighted by Gasteiger charge is 2.07. The zero-order valence-corrected chi connectivity index (χ0v) is 14.7. The standard InChI is InChI=1S/C16H20ClN3.C2H6/c1-11(14-4-5-15(17)12(2)8-14)6-7-19-13(3)16-9-18-10-20-16;1-2/h4-5,8-11,19H,3,6-7H2,1-2H3,(H,18,20);1-2H3. The summed E-state index contributed by atoms with van der Waals surface area (Å²) in [6, 6.07) is 6.24. The third-order valence-corrected chi connectivity index (χ3v) is 3.91. The van der Waals surface area contributed by atoms with Crippen LogP contribution < -0.4 is 5.32 Å². The highest BCUT2D eigenvalue weighted by Crippen LogP contribution is 2.24. The number of H-pyrrole nitrogens is 1. The number of aromatic nitrogens is 2. The van der Waals surface area contributed by atoms with Gasteiger partial charge < -0.3 is 10.3 Å². The number of hydrogen-bond acceptors (Lipinski definition) is 2. The Labute approximate surface area is 138 Å². The van der Waals surface area contributed by atoms with E-state index in [4.69, 9.17) is 11.6 Å². The maximum Gasteiger partial charge on any atom is 0.0924 e. The molecule has 1 aromatic heterocycles. The van der Waals surface area contributed by atoms with Gasteiger partial charge in [-0.15, -0.1) is 0 Å². The van der Waals surface area contributed by atoms with E-state index < -0.39 is 0 Å². The van der Waals surface area contributed by atoms with E-state index in [-0.39, 0.29) is 0 Å². The van der Waals surface area contributed by atoms with Gasteiger partial charge in [-0.1, -0.05) is 51.1 Å². The zero-order chi connectivity index (χ0) is 16.5. The molecule has 4 heteroatoms. The highest BCUT2D eigenvalue weighted by atomic mass is 35.5. The Morgan fingerprint density at radius 2 is 2.14 bits per heavy atom. The van der Waals surface area contributed by atoms with Crippen LogP contribution in [0.25, 0.3) is 5.70 Å². The second kappa shape index (κ2) is 9.31. The van der Waals surface area contributed by atoms with Crippen LogP contribution in [0, 0.1) is 6.92 Å². The molecule has 3 nitrogen and oxygen atoms in total. The highest BCUT2D eigenvalue weighted by molar-refractivity contribution is 6.31. The Morgan fingerprint density at radius 3 is 2.73 bits per heavy atom. The Kier molecular flexibility index (Phi) is 7.75. The smallest absolute Gasteiger partial charge is 0.0924 e. The minimum atomic E-state index is 0.480. The summed E-state index contributed by atoms with van der Waals surface area (Å²) in [4.78, 5) is 7.02. The third kappa shape index (κ3) is 5.23. The molecule has 0 saturated heterocycles. The predicted molar refractivity (Wildman–Crippen MR) is 96.2 cm³/mol. The van der Waals surface area contributed by atoms with Crippen molar-refractivity contribution in [3.05, 3.63) is 59.1 Å². The monoisotopic (exact) mass is 319 g/mol.